The van der Waals surface area contributed by atoms with E-state index in [-0.39, 0.29) is 5.82 Å². The number of rotatable bonds is 4. The largest absolute Gasteiger partial charge is 0.398 e. The van der Waals surface area contributed by atoms with Gasteiger partial charge in [-0.2, -0.15) is 0 Å². The molecule has 0 atom stereocenters. The summed E-state index contributed by atoms with van der Waals surface area (Å²) in [6, 6.07) is 9.26. The number of para-hydroxylation sites is 1. The van der Waals surface area contributed by atoms with E-state index in [2.05, 4.69) is 4.98 Å². The molecule has 0 spiro atoms. The molecule has 0 bridgehead atoms. The molecule has 1 aromatic carbocycles. The standard InChI is InChI=1S/C15H15ClFN3/c16-11-7-13(17)15(19-8-11)20(12-5-6-12)9-10-3-1-2-4-14(10)18/h1-4,7-8,12H,5-6,9,18H2. The maximum atomic E-state index is 14.1. The van der Waals surface area contributed by atoms with E-state index in [4.69, 9.17) is 17.3 Å². The number of nitrogens with two attached hydrogens (primary N) is 1. The molecule has 1 heterocycles. The third-order valence-electron chi connectivity index (χ3n) is 3.44. The number of pyridine rings is 1. The van der Waals surface area contributed by atoms with Crippen LogP contribution in [0.1, 0.15) is 18.4 Å². The molecule has 3 nitrogen and oxygen atoms in total. The highest BCUT2D eigenvalue weighted by molar-refractivity contribution is 6.30. The predicted molar refractivity (Wildman–Crippen MR) is 79.3 cm³/mol. The fraction of sp³-hybridized carbons (Fsp3) is 0.267. The van der Waals surface area contributed by atoms with Crippen LogP contribution in [0.2, 0.25) is 5.02 Å². The van der Waals surface area contributed by atoms with Crippen molar-refractivity contribution in [3.05, 3.63) is 52.9 Å². The summed E-state index contributed by atoms with van der Waals surface area (Å²) in [5, 5.41) is 0.307. The van der Waals surface area contributed by atoms with E-state index in [1.807, 2.05) is 29.2 Å². The Balaban J connectivity index is 1.92. The summed E-state index contributed by atoms with van der Waals surface area (Å²) in [6.07, 6.45) is 3.58. The summed E-state index contributed by atoms with van der Waals surface area (Å²) >= 11 is 5.76. The zero-order chi connectivity index (χ0) is 14.1. The summed E-state index contributed by atoms with van der Waals surface area (Å²) in [6.45, 7) is 0.558. The van der Waals surface area contributed by atoms with Gasteiger partial charge in [0.05, 0.1) is 5.02 Å². The fourth-order valence-electron chi connectivity index (χ4n) is 2.24. The summed E-state index contributed by atoms with van der Waals surface area (Å²) in [7, 11) is 0. The summed E-state index contributed by atoms with van der Waals surface area (Å²) in [5.41, 5.74) is 7.67. The Bertz CT molecular complexity index is 628. The van der Waals surface area contributed by atoms with Gasteiger partial charge >= 0.3 is 0 Å². The molecule has 0 saturated heterocycles. The monoisotopic (exact) mass is 291 g/mol. The molecule has 1 fully saturated rings. The Morgan fingerprint density at radius 1 is 1.35 bits per heavy atom. The van der Waals surface area contributed by atoms with E-state index in [9.17, 15) is 4.39 Å². The zero-order valence-corrected chi connectivity index (χ0v) is 11.6. The first-order valence-corrected chi connectivity index (χ1v) is 6.94. The number of anilines is 2. The van der Waals surface area contributed by atoms with E-state index < -0.39 is 0 Å². The summed E-state index contributed by atoms with van der Waals surface area (Å²) in [4.78, 5) is 6.11. The van der Waals surface area contributed by atoms with Gasteiger partial charge < -0.3 is 10.6 Å². The lowest BCUT2D eigenvalue weighted by Crippen LogP contribution is -2.27. The first-order valence-electron chi connectivity index (χ1n) is 6.56. The SMILES string of the molecule is Nc1ccccc1CN(c1ncc(Cl)cc1F)C1CC1. The van der Waals surface area contributed by atoms with Gasteiger partial charge in [-0.15, -0.1) is 0 Å². The van der Waals surface area contributed by atoms with Gasteiger partial charge in [0.25, 0.3) is 0 Å². The number of hydrogen-bond donors (Lipinski definition) is 1. The number of nitrogen functional groups attached to an aromatic ring is 1. The molecule has 0 unspecified atom stereocenters. The van der Waals surface area contributed by atoms with Crippen molar-refractivity contribution >= 4 is 23.1 Å². The summed E-state index contributed by atoms with van der Waals surface area (Å²) < 4.78 is 14.1. The number of aromatic nitrogens is 1. The van der Waals surface area contributed by atoms with E-state index in [0.717, 1.165) is 18.4 Å². The van der Waals surface area contributed by atoms with Crippen molar-refractivity contribution in [3.8, 4) is 0 Å². The van der Waals surface area contributed by atoms with Gasteiger partial charge in [-0.05, 0) is 30.5 Å². The van der Waals surface area contributed by atoms with Gasteiger partial charge in [-0.3, -0.25) is 0 Å². The lowest BCUT2D eigenvalue weighted by atomic mass is 10.1. The lowest BCUT2D eigenvalue weighted by molar-refractivity contribution is 0.606. The van der Waals surface area contributed by atoms with E-state index in [1.165, 1.54) is 12.3 Å². The molecule has 1 aliphatic carbocycles. The quantitative estimate of drug-likeness (QED) is 0.875. The second-order valence-corrected chi connectivity index (χ2v) is 5.45. The third-order valence-corrected chi connectivity index (χ3v) is 3.65. The van der Waals surface area contributed by atoms with Crippen LogP contribution >= 0.6 is 11.6 Å². The van der Waals surface area contributed by atoms with Crippen molar-refractivity contribution < 1.29 is 4.39 Å². The minimum absolute atomic E-state index is 0.307. The minimum Gasteiger partial charge on any atom is -0.398 e. The topological polar surface area (TPSA) is 42.1 Å². The van der Waals surface area contributed by atoms with Crippen molar-refractivity contribution in [2.24, 2.45) is 0 Å². The van der Waals surface area contributed by atoms with Crippen LogP contribution < -0.4 is 10.6 Å². The minimum atomic E-state index is -0.390. The van der Waals surface area contributed by atoms with Gasteiger partial charge in [-0.1, -0.05) is 29.8 Å². The molecular weight excluding hydrogens is 277 g/mol. The molecule has 5 heteroatoms. The van der Waals surface area contributed by atoms with Crippen molar-refractivity contribution in [2.45, 2.75) is 25.4 Å². The normalized spacial score (nSPS) is 14.3. The smallest absolute Gasteiger partial charge is 0.167 e. The molecule has 3 rings (SSSR count). The highest BCUT2D eigenvalue weighted by Gasteiger charge is 2.32. The Hall–Kier alpha value is -1.81. The lowest BCUT2D eigenvalue weighted by Gasteiger charge is -2.24. The second kappa shape index (κ2) is 5.29. The average molecular weight is 292 g/mol. The molecule has 0 radical (unpaired) electrons. The Kier molecular flexibility index (Phi) is 3.49. The highest BCUT2D eigenvalue weighted by Crippen LogP contribution is 2.34. The van der Waals surface area contributed by atoms with Crippen LogP contribution in [0.5, 0.6) is 0 Å². The average Bonchev–Trinajstić information content (AvgIpc) is 3.23. The zero-order valence-electron chi connectivity index (χ0n) is 10.9. The van der Waals surface area contributed by atoms with E-state index in [0.29, 0.717) is 29.1 Å². The molecule has 1 aliphatic rings. The summed E-state index contributed by atoms with van der Waals surface area (Å²) in [5.74, 6) is -0.0425. The predicted octanol–water partition coefficient (Wildman–Crippen LogP) is 3.63. The molecule has 104 valence electrons. The second-order valence-electron chi connectivity index (χ2n) is 5.02. The maximum absolute atomic E-state index is 14.1. The van der Waals surface area contributed by atoms with Crippen molar-refractivity contribution in [3.63, 3.8) is 0 Å². The molecule has 2 N–H and O–H groups in total. The van der Waals surface area contributed by atoms with Crippen molar-refractivity contribution in [1.29, 1.82) is 0 Å². The first-order chi connectivity index (χ1) is 9.65. The molecule has 0 amide bonds. The number of benzene rings is 1. The van der Waals surface area contributed by atoms with Crippen molar-refractivity contribution in [1.82, 2.24) is 4.98 Å². The van der Waals surface area contributed by atoms with E-state index >= 15 is 0 Å². The number of hydrogen-bond acceptors (Lipinski definition) is 3. The molecule has 2 aromatic rings. The molecule has 1 saturated carbocycles. The van der Waals surface area contributed by atoms with Crippen LogP contribution in [-0.4, -0.2) is 11.0 Å². The van der Waals surface area contributed by atoms with Gasteiger partial charge in [-0.25, -0.2) is 9.37 Å². The Morgan fingerprint density at radius 3 is 2.75 bits per heavy atom. The third kappa shape index (κ3) is 2.70. The van der Waals surface area contributed by atoms with Gasteiger partial charge in [0.15, 0.2) is 11.6 Å². The number of nitrogens with zero attached hydrogens (tertiary/aromatic N) is 2. The van der Waals surface area contributed by atoms with E-state index in [1.54, 1.807) is 0 Å². The molecule has 20 heavy (non-hydrogen) atoms. The van der Waals surface area contributed by atoms with Crippen molar-refractivity contribution in [2.75, 3.05) is 10.6 Å². The van der Waals surface area contributed by atoms with Gasteiger partial charge in [0.2, 0.25) is 0 Å². The molecular formula is C15H15ClFN3. The molecule has 0 aliphatic heterocycles. The Morgan fingerprint density at radius 2 is 2.10 bits per heavy atom. The Labute approximate surface area is 122 Å². The molecule has 1 aromatic heterocycles. The highest BCUT2D eigenvalue weighted by atomic mass is 35.5. The van der Waals surface area contributed by atoms with Gasteiger partial charge in [0.1, 0.15) is 0 Å². The van der Waals surface area contributed by atoms with Crippen LogP contribution in [0.15, 0.2) is 36.5 Å². The first kappa shape index (κ1) is 13.2. The maximum Gasteiger partial charge on any atom is 0.167 e. The van der Waals surface area contributed by atoms with Crippen LogP contribution in [-0.2, 0) is 6.54 Å². The van der Waals surface area contributed by atoms with Crippen LogP contribution in [0.25, 0.3) is 0 Å². The van der Waals surface area contributed by atoms with Crippen LogP contribution in [0.4, 0.5) is 15.9 Å². The van der Waals surface area contributed by atoms with Crippen LogP contribution in [0, 0.1) is 5.82 Å². The van der Waals surface area contributed by atoms with Crippen LogP contribution in [0.3, 0.4) is 0 Å². The van der Waals surface area contributed by atoms with Gasteiger partial charge in [0, 0.05) is 24.5 Å². The number of halogens is 2. The fourth-order valence-corrected chi connectivity index (χ4v) is 2.39.